The molecule has 3 heterocycles. The lowest BCUT2D eigenvalue weighted by atomic mass is 10.1. The summed E-state index contributed by atoms with van der Waals surface area (Å²) in [5.74, 6) is 2.92. The monoisotopic (exact) mass is 411 g/mol. The van der Waals surface area contributed by atoms with Gasteiger partial charge in [-0.2, -0.15) is 0 Å². The van der Waals surface area contributed by atoms with Crippen LogP contribution in [-0.2, 0) is 4.74 Å². The van der Waals surface area contributed by atoms with Gasteiger partial charge in [0, 0.05) is 58.5 Å². The molecule has 0 amide bonds. The number of para-hydroxylation sites is 1. The van der Waals surface area contributed by atoms with Gasteiger partial charge in [0.1, 0.15) is 11.5 Å². The molecule has 7 heteroatoms. The molecule has 0 spiro atoms. The number of aryl methyl sites for hydroxylation is 1. The quantitative estimate of drug-likeness (QED) is 0.602. The van der Waals surface area contributed by atoms with Gasteiger partial charge in [-0.25, -0.2) is 0 Å². The molecule has 2 aromatic rings. The van der Waals surface area contributed by atoms with Crippen LogP contribution in [0.1, 0.15) is 17.6 Å². The Balaban J connectivity index is 1.36. The maximum absolute atomic E-state index is 5.99. The van der Waals surface area contributed by atoms with Crippen LogP contribution in [0, 0.1) is 6.92 Å². The van der Waals surface area contributed by atoms with E-state index < -0.39 is 0 Å². The second kappa shape index (κ2) is 10.00. The number of hydrogen-bond acceptors (Lipinski definition) is 5. The molecule has 0 bridgehead atoms. The molecule has 1 aromatic heterocycles. The fraction of sp³-hybridized carbons (Fsp3) is 0.522. The highest BCUT2D eigenvalue weighted by Gasteiger charge is 2.27. The van der Waals surface area contributed by atoms with Crippen LogP contribution in [0.3, 0.4) is 0 Å². The fourth-order valence-corrected chi connectivity index (χ4v) is 4.27. The summed E-state index contributed by atoms with van der Waals surface area (Å²) < 4.78 is 11.5. The predicted molar refractivity (Wildman–Crippen MR) is 120 cm³/mol. The van der Waals surface area contributed by atoms with Crippen molar-refractivity contribution in [1.29, 1.82) is 0 Å². The molecule has 2 saturated heterocycles. The van der Waals surface area contributed by atoms with E-state index in [0.29, 0.717) is 0 Å². The summed E-state index contributed by atoms with van der Waals surface area (Å²) in [4.78, 5) is 11.8. The Morgan fingerprint density at radius 1 is 1.00 bits per heavy atom. The lowest BCUT2D eigenvalue weighted by Gasteiger charge is -2.38. The normalized spacial score (nSPS) is 19.7. The first-order chi connectivity index (χ1) is 14.7. The molecule has 1 aromatic carbocycles. The average Bonchev–Trinajstić information content (AvgIpc) is 3.24. The molecule has 2 aliphatic heterocycles. The molecular weight excluding hydrogens is 378 g/mol. The number of hydrogen-bond donors (Lipinski definition) is 1. The minimum Gasteiger partial charge on any atom is -0.465 e. The van der Waals surface area contributed by atoms with Gasteiger partial charge in [-0.1, -0.05) is 18.2 Å². The molecule has 30 heavy (non-hydrogen) atoms. The number of rotatable bonds is 5. The summed E-state index contributed by atoms with van der Waals surface area (Å²) in [6.07, 6.45) is 0. The van der Waals surface area contributed by atoms with Crippen molar-refractivity contribution in [3.05, 3.63) is 54.0 Å². The molecule has 1 unspecified atom stereocenters. The van der Waals surface area contributed by atoms with Crippen molar-refractivity contribution in [1.82, 2.24) is 15.1 Å². The predicted octanol–water partition coefficient (Wildman–Crippen LogP) is 2.36. The van der Waals surface area contributed by atoms with Gasteiger partial charge in [0.2, 0.25) is 0 Å². The van der Waals surface area contributed by atoms with Crippen LogP contribution < -0.4 is 10.2 Å². The number of anilines is 1. The third-order valence-electron chi connectivity index (χ3n) is 5.94. The van der Waals surface area contributed by atoms with E-state index in [2.05, 4.69) is 61.4 Å². The van der Waals surface area contributed by atoms with Crippen LogP contribution in [0.2, 0.25) is 0 Å². The lowest BCUT2D eigenvalue weighted by molar-refractivity contribution is 0.0123. The summed E-state index contributed by atoms with van der Waals surface area (Å²) >= 11 is 0. The first-order valence-corrected chi connectivity index (χ1v) is 10.9. The lowest BCUT2D eigenvalue weighted by Crippen LogP contribution is -2.54. The Hall–Kier alpha value is -2.51. The molecular formula is C23H33N5O2. The molecule has 0 radical (unpaired) electrons. The van der Waals surface area contributed by atoms with Gasteiger partial charge >= 0.3 is 0 Å². The molecule has 1 N–H and O–H groups in total. The van der Waals surface area contributed by atoms with Crippen molar-refractivity contribution >= 4 is 11.6 Å². The molecule has 4 rings (SSSR count). The van der Waals surface area contributed by atoms with Gasteiger partial charge in [-0.05, 0) is 31.2 Å². The van der Waals surface area contributed by atoms with Crippen molar-refractivity contribution < 1.29 is 9.15 Å². The first kappa shape index (κ1) is 20.8. The summed E-state index contributed by atoms with van der Waals surface area (Å²) in [5, 5.41) is 3.61. The maximum atomic E-state index is 5.99. The summed E-state index contributed by atoms with van der Waals surface area (Å²) in [7, 11) is 1.87. The van der Waals surface area contributed by atoms with Gasteiger partial charge in [0.15, 0.2) is 5.96 Å². The van der Waals surface area contributed by atoms with Gasteiger partial charge in [0.05, 0.1) is 19.3 Å². The molecule has 0 aliphatic carbocycles. The number of nitrogens with one attached hydrogen (secondary N) is 1. The summed E-state index contributed by atoms with van der Waals surface area (Å²) in [5.41, 5.74) is 1.29. The second-order valence-electron chi connectivity index (χ2n) is 7.85. The zero-order valence-corrected chi connectivity index (χ0v) is 18.1. The largest absolute Gasteiger partial charge is 0.465 e. The minimum atomic E-state index is 0.171. The number of aliphatic imine (C=N–C) groups is 1. The topological polar surface area (TPSA) is 56.5 Å². The first-order valence-electron chi connectivity index (χ1n) is 10.9. The van der Waals surface area contributed by atoms with Crippen molar-refractivity contribution in [2.75, 3.05) is 71.0 Å². The molecule has 162 valence electrons. The van der Waals surface area contributed by atoms with E-state index >= 15 is 0 Å². The van der Waals surface area contributed by atoms with E-state index in [0.717, 1.165) is 76.5 Å². The Labute approximate surface area is 179 Å². The number of morpholine rings is 1. The highest BCUT2D eigenvalue weighted by Crippen LogP contribution is 2.23. The van der Waals surface area contributed by atoms with Crippen molar-refractivity contribution in [3.63, 3.8) is 0 Å². The highest BCUT2D eigenvalue weighted by molar-refractivity contribution is 5.80. The molecule has 2 aliphatic rings. The Bertz CT molecular complexity index is 808. The number of ether oxygens (including phenoxy) is 1. The molecule has 7 nitrogen and oxygen atoms in total. The zero-order chi connectivity index (χ0) is 20.8. The molecule has 2 fully saturated rings. The summed E-state index contributed by atoms with van der Waals surface area (Å²) in [6, 6.07) is 14.9. The van der Waals surface area contributed by atoms with Crippen LogP contribution in [0.5, 0.6) is 0 Å². The van der Waals surface area contributed by atoms with Crippen LogP contribution in [0.25, 0.3) is 0 Å². The van der Waals surface area contributed by atoms with E-state index in [9.17, 15) is 0 Å². The van der Waals surface area contributed by atoms with Crippen molar-refractivity contribution in [2.45, 2.75) is 13.0 Å². The summed E-state index contributed by atoms with van der Waals surface area (Å²) in [6.45, 7) is 10.0. The van der Waals surface area contributed by atoms with Gasteiger partial charge in [-0.3, -0.25) is 9.89 Å². The minimum absolute atomic E-state index is 0.171. The van der Waals surface area contributed by atoms with E-state index in [1.54, 1.807) is 0 Å². The maximum Gasteiger partial charge on any atom is 0.193 e. The number of piperazine rings is 1. The average molecular weight is 412 g/mol. The Kier molecular flexibility index (Phi) is 6.92. The Morgan fingerprint density at radius 3 is 2.37 bits per heavy atom. The van der Waals surface area contributed by atoms with E-state index in [1.807, 2.05) is 20.0 Å². The van der Waals surface area contributed by atoms with E-state index in [4.69, 9.17) is 9.15 Å². The third-order valence-corrected chi connectivity index (χ3v) is 5.94. The number of guanidine groups is 1. The standard InChI is InChI=1S/C23H33N5O2/c1-19-8-9-22(30-19)21(27-14-16-29-17-15-27)18-25-23(24-2)28-12-10-26(11-13-28)20-6-4-3-5-7-20/h3-9,21H,10-18H2,1-2H3,(H,24,25). The second-order valence-corrected chi connectivity index (χ2v) is 7.85. The van der Waals surface area contributed by atoms with Crippen molar-refractivity contribution in [2.24, 2.45) is 4.99 Å². The SMILES string of the molecule is CN=C(NCC(c1ccc(C)o1)N1CCOCC1)N1CCN(c2ccccc2)CC1. The van der Waals surface area contributed by atoms with E-state index in [1.165, 1.54) is 5.69 Å². The van der Waals surface area contributed by atoms with Gasteiger partial charge in [-0.15, -0.1) is 0 Å². The smallest absolute Gasteiger partial charge is 0.193 e. The fourth-order valence-electron chi connectivity index (χ4n) is 4.27. The van der Waals surface area contributed by atoms with Crippen LogP contribution >= 0.6 is 0 Å². The molecule has 1 atom stereocenters. The van der Waals surface area contributed by atoms with Gasteiger partial charge in [0.25, 0.3) is 0 Å². The Morgan fingerprint density at radius 2 is 1.73 bits per heavy atom. The zero-order valence-electron chi connectivity index (χ0n) is 18.1. The van der Waals surface area contributed by atoms with Crippen LogP contribution in [0.15, 0.2) is 51.9 Å². The van der Waals surface area contributed by atoms with Gasteiger partial charge < -0.3 is 24.3 Å². The highest BCUT2D eigenvalue weighted by atomic mass is 16.5. The molecule has 0 saturated carbocycles. The third kappa shape index (κ3) is 4.96. The van der Waals surface area contributed by atoms with Crippen LogP contribution in [0.4, 0.5) is 5.69 Å². The number of nitrogens with zero attached hydrogens (tertiary/aromatic N) is 4. The van der Waals surface area contributed by atoms with E-state index in [-0.39, 0.29) is 6.04 Å². The van der Waals surface area contributed by atoms with Crippen molar-refractivity contribution in [3.8, 4) is 0 Å². The number of benzene rings is 1. The van der Waals surface area contributed by atoms with Crippen LogP contribution in [-0.4, -0.2) is 81.8 Å². The number of furan rings is 1.